The van der Waals surface area contributed by atoms with Crippen molar-refractivity contribution in [2.24, 2.45) is 5.41 Å². The zero-order chi connectivity index (χ0) is 14.7. The molecule has 0 aromatic carbocycles. The molecule has 0 saturated carbocycles. The largest absolute Gasteiger partial charge is 0.481 e. The van der Waals surface area contributed by atoms with Crippen molar-refractivity contribution < 1.29 is 23.1 Å². The fourth-order valence-corrected chi connectivity index (χ4v) is 5.01. The molecule has 1 heterocycles. The second-order valence-electron chi connectivity index (χ2n) is 5.30. The molecule has 0 aromatic heterocycles. The summed E-state index contributed by atoms with van der Waals surface area (Å²) < 4.78 is 22.5. The van der Waals surface area contributed by atoms with Crippen LogP contribution in [0.3, 0.4) is 0 Å². The first-order valence-corrected chi connectivity index (χ1v) is 8.81. The van der Waals surface area contributed by atoms with Gasteiger partial charge in [-0.05, 0) is 20.3 Å². The number of hydrogen-bond acceptors (Lipinski definition) is 5. The number of thioether (sulfide) groups is 1. The Kier molecular flexibility index (Phi) is 5.26. The molecule has 1 saturated heterocycles. The molecule has 0 spiro atoms. The Bertz CT molecular complexity index is 458. The third-order valence-electron chi connectivity index (χ3n) is 2.95. The van der Waals surface area contributed by atoms with Crippen LogP contribution in [0.4, 0.5) is 0 Å². The lowest BCUT2D eigenvalue weighted by molar-refractivity contribution is -0.146. The van der Waals surface area contributed by atoms with Crippen molar-refractivity contribution >= 4 is 33.5 Å². The van der Waals surface area contributed by atoms with Crippen molar-refractivity contribution in [1.82, 2.24) is 5.32 Å². The van der Waals surface area contributed by atoms with E-state index in [9.17, 15) is 18.0 Å². The van der Waals surface area contributed by atoms with E-state index in [1.54, 1.807) is 0 Å². The first kappa shape index (κ1) is 16.3. The molecule has 1 fully saturated rings. The fourth-order valence-electron chi connectivity index (χ4n) is 1.53. The summed E-state index contributed by atoms with van der Waals surface area (Å²) in [5.41, 5.74) is -1.00. The van der Waals surface area contributed by atoms with Crippen LogP contribution in [0.1, 0.15) is 20.3 Å². The van der Waals surface area contributed by atoms with Crippen molar-refractivity contribution in [3.63, 3.8) is 0 Å². The first-order valence-electron chi connectivity index (χ1n) is 5.94. The van der Waals surface area contributed by atoms with Gasteiger partial charge in [-0.2, -0.15) is 0 Å². The Morgan fingerprint density at radius 2 is 2.05 bits per heavy atom. The van der Waals surface area contributed by atoms with Gasteiger partial charge in [-0.25, -0.2) is 8.42 Å². The van der Waals surface area contributed by atoms with E-state index in [2.05, 4.69) is 5.32 Å². The number of amides is 1. The summed E-state index contributed by atoms with van der Waals surface area (Å²) in [6.45, 7) is 3.13. The smallest absolute Gasteiger partial charge is 0.310 e. The minimum absolute atomic E-state index is 0.0248. The molecule has 1 aliphatic heterocycles. The van der Waals surface area contributed by atoms with Crippen LogP contribution in [0, 0.1) is 5.41 Å². The summed E-state index contributed by atoms with van der Waals surface area (Å²) in [7, 11) is -2.92. The summed E-state index contributed by atoms with van der Waals surface area (Å²) in [5.74, 6) is -0.745. The highest BCUT2D eigenvalue weighted by molar-refractivity contribution is 8.02. The van der Waals surface area contributed by atoms with Crippen LogP contribution in [0.25, 0.3) is 0 Å². The summed E-state index contributed by atoms with van der Waals surface area (Å²) in [6, 6.07) is 0. The number of carboxylic acid groups (broad SMARTS) is 1. The summed E-state index contributed by atoms with van der Waals surface area (Å²) in [6.07, 6.45) is 0.584. The van der Waals surface area contributed by atoms with Gasteiger partial charge < -0.3 is 10.4 Å². The monoisotopic (exact) mass is 309 g/mol. The minimum atomic E-state index is -2.92. The Morgan fingerprint density at radius 3 is 2.53 bits per heavy atom. The van der Waals surface area contributed by atoms with Crippen LogP contribution >= 0.6 is 11.8 Å². The maximum Gasteiger partial charge on any atom is 0.310 e. The van der Waals surface area contributed by atoms with Gasteiger partial charge in [-0.1, -0.05) is 0 Å². The van der Waals surface area contributed by atoms with Crippen LogP contribution in [-0.2, 0) is 19.4 Å². The summed E-state index contributed by atoms with van der Waals surface area (Å²) in [5, 5.41) is 11.4. The van der Waals surface area contributed by atoms with E-state index in [-0.39, 0.29) is 35.0 Å². The highest BCUT2D eigenvalue weighted by atomic mass is 32.2. The van der Waals surface area contributed by atoms with Gasteiger partial charge in [0, 0.05) is 11.8 Å². The van der Waals surface area contributed by atoms with Crippen LogP contribution in [0.5, 0.6) is 0 Å². The Balaban J connectivity index is 2.28. The Labute approximate surface area is 117 Å². The number of carbonyl (C=O) groups excluding carboxylic acids is 1. The van der Waals surface area contributed by atoms with Gasteiger partial charge in [0.1, 0.15) is 0 Å². The predicted molar refractivity (Wildman–Crippen MR) is 73.9 cm³/mol. The van der Waals surface area contributed by atoms with Crippen LogP contribution < -0.4 is 5.32 Å². The van der Waals surface area contributed by atoms with Gasteiger partial charge >= 0.3 is 5.97 Å². The van der Waals surface area contributed by atoms with E-state index in [1.165, 1.54) is 25.6 Å². The van der Waals surface area contributed by atoms with Crippen LogP contribution in [0.15, 0.2) is 0 Å². The average Bonchev–Trinajstić information content (AvgIpc) is 2.63. The van der Waals surface area contributed by atoms with Crippen LogP contribution in [0.2, 0.25) is 0 Å². The molecule has 0 aromatic rings. The fraction of sp³-hybridized carbons (Fsp3) is 0.818. The molecule has 2 N–H and O–H groups in total. The molecule has 1 atom stereocenters. The van der Waals surface area contributed by atoms with Crippen molar-refractivity contribution in [3.05, 3.63) is 0 Å². The number of rotatable bonds is 6. The summed E-state index contributed by atoms with van der Waals surface area (Å²) in [4.78, 5) is 22.4. The van der Waals surface area contributed by atoms with Crippen molar-refractivity contribution in [2.75, 3.05) is 23.8 Å². The van der Waals surface area contributed by atoms with E-state index < -0.39 is 21.2 Å². The van der Waals surface area contributed by atoms with E-state index >= 15 is 0 Å². The average molecular weight is 309 g/mol. The third kappa shape index (κ3) is 5.40. The maximum absolute atomic E-state index is 11.6. The minimum Gasteiger partial charge on any atom is -0.481 e. The van der Waals surface area contributed by atoms with Crippen molar-refractivity contribution in [1.29, 1.82) is 0 Å². The molecule has 1 amide bonds. The van der Waals surface area contributed by atoms with Gasteiger partial charge in [-0.15, -0.1) is 11.8 Å². The number of carbonyl (C=O) groups is 2. The van der Waals surface area contributed by atoms with E-state index in [0.29, 0.717) is 6.42 Å². The van der Waals surface area contributed by atoms with E-state index in [0.717, 1.165) is 0 Å². The topological polar surface area (TPSA) is 101 Å². The summed E-state index contributed by atoms with van der Waals surface area (Å²) >= 11 is 1.31. The first-order chi connectivity index (χ1) is 8.62. The van der Waals surface area contributed by atoms with Gasteiger partial charge in [0.2, 0.25) is 5.91 Å². The van der Waals surface area contributed by atoms with Crippen LogP contribution in [-0.4, -0.2) is 54.5 Å². The second-order valence-corrected chi connectivity index (χ2v) is 8.82. The van der Waals surface area contributed by atoms with Gasteiger partial charge in [0.15, 0.2) is 9.84 Å². The normalized spacial score (nSPS) is 22.1. The van der Waals surface area contributed by atoms with Crippen molar-refractivity contribution in [3.8, 4) is 0 Å². The zero-order valence-corrected chi connectivity index (χ0v) is 12.6. The zero-order valence-electron chi connectivity index (χ0n) is 11.0. The number of carboxylic acids is 1. The molecule has 1 aliphatic rings. The molecule has 1 rings (SSSR count). The number of hydrogen-bond donors (Lipinski definition) is 2. The van der Waals surface area contributed by atoms with Crippen molar-refractivity contribution in [2.45, 2.75) is 25.5 Å². The lowest BCUT2D eigenvalue weighted by Gasteiger charge is -2.19. The van der Waals surface area contributed by atoms with E-state index in [4.69, 9.17) is 5.11 Å². The standard InChI is InChI=1S/C11H19NO5S2/c1-11(2,10(14)15)7-12-9(13)5-18-8-3-4-19(16,17)6-8/h8H,3-7H2,1-2H3,(H,12,13)(H,14,15). The molecule has 1 unspecified atom stereocenters. The molecule has 0 radical (unpaired) electrons. The molecule has 19 heavy (non-hydrogen) atoms. The molecule has 0 aliphatic carbocycles. The van der Waals surface area contributed by atoms with Gasteiger partial charge in [0.05, 0.1) is 22.7 Å². The quantitative estimate of drug-likeness (QED) is 0.723. The third-order valence-corrected chi connectivity index (χ3v) is 6.23. The predicted octanol–water partition coefficient (Wildman–Crippen LogP) is 0.134. The van der Waals surface area contributed by atoms with Gasteiger partial charge in [-0.3, -0.25) is 9.59 Å². The van der Waals surface area contributed by atoms with E-state index in [1.807, 2.05) is 0 Å². The molecule has 110 valence electrons. The molecule has 0 bridgehead atoms. The highest BCUT2D eigenvalue weighted by Gasteiger charge is 2.30. The molecular formula is C11H19NO5S2. The SMILES string of the molecule is CC(C)(CNC(=O)CSC1CCS(=O)(=O)C1)C(=O)O. The molecule has 8 heteroatoms. The Morgan fingerprint density at radius 1 is 1.42 bits per heavy atom. The maximum atomic E-state index is 11.6. The second kappa shape index (κ2) is 6.13. The molecule has 6 nitrogen and oxygen atoms in total. The Hall–Kier alpha value is -0.760. The number of sulfone groups is 1. The number of aliphatic carboxylic acids is 1. The lowest BCUT2D eigenvalue weighted by Crippen LogP contribution is -2.39. The van der Waals surface area contributed by atoms with Gasteiger partial charge in [0.25, 0.3) is 0 Å². The lowest BCUT2D eigenvalue weighted by atomic mass is 9.94. The number of nitrogens with one attached hydrogen (secondary N) is 1. The molecular weight excluding hydrogens is 290 g/mol. The highest BCUT2D eigenvalue weighted by Crippen LogP contribution is 2.24.